The van der Waals surface area contributed by atoms with Gasteiger partial charge in [0, 0.05) is 53.9 Å². The van der Waals surface area contributed by atoms with E-state index < -0.39 is 0 Å². The molecule has 2 atom stereocenters. The van der Waals surface area contributed by atoms with E-state index in [2.05, 4.69) is 53.2 Å². The first kappa shape index (κ1) is 26.4. The molecule has 4 rings (SSSR count). The summed E-state index contributed by atoms with van der Waals surface area (Å²) >= 11 is 19.0. The molecular formula is C27H35Cl3N4O. The Bertz CT molecular complexity index is 1040. The lowest BCUT2D eigenvalue weighted by molar-refractivity contribution is -0.138. The second-order valence-corrected chi connectivity index (χ2v) is 11.3. The van der Waals surface area contributed by atoms with E-state index in [-0.39, 0.29) is 12.0 Å². The molecule has 0 spiro atoms. The molecule has 2 aromatic rings. The molecule has 0 bridgehead atoms. The van der Waals surface area contributed by atoms with Gasteiger partial charge in [-0.1, -0.05) is 40.9 Å². The summed E-state index contributed by atoms with van der Waals surface area (Å²) in [5.41, 5.74) is 2.94. The van der Waals surface area contributed by atoms with E-state index in [4.69, 9.17) is 34.8 Å². The van der Waals surface area contributed by atoms with E-state index in [0.717, 1.165) is 62.4 Å². The van der Waals surface area contributed by atoms with E-state index in [1.54, 1.807) is 6.07 Å². The van der Waals surface area contributed by atoms with Crippen molar-refractivity contribution in [3.63, 3.8) is 0 Å². The molecule has 8 heteroatoms. The van der Waals surface area contributed by atoms with Crippen LogP contribution in [0.4, 0.5) is 11.4 Å². The van der Waals surface area contributed by atoms with Gasteiger partial charge in [-0.15, -0.1) is 0 Å². The zero-order valence-electron chi connectivity index (χ0n) is 20.7. The Hall–Kier alpha value is -1.66. The van der Waals surface area contributed by atoms with Gasteiger partial charge in [-0.05, 0) is 82.6 Å². The van der Waals surface area contributed by atoms with Crippen molar-refractivity contribution in [3.05, 3.63) is 57.0 Å². The monoisotopic (exact) mass is 536 g/mol. The fraction of sp³-hybridized carbons (Fsp3) is 0.519. The minimum Gasteiger partial charge on any atom is -0.377 e. The molecule has 0 aromatic heterocycles. The summed E-state index contributed by atoms with van der Waals surface area (Å²) in [4.78, 5) is 19.9. The molecule has 2 aliphatic heterocycles. The van der Waals surface area contributed by atoms with Gasteiger partial charge >= 0.3 is 0 Å². The molecule has 2 fully saturated rings. The number of likely N-dealkylation sites (tertiary alicyclic amines) is 1. The van der Waals surface area contributed by atoms with Crippen LogP contribution >= 0.6 is 34.8 Å². The number of nitrogens with one attached hydrogen (secondary N) is 1. The first-order valence-corrected chi connectivity index (χ1v) is 13.6. The van der Waals surface area contributed by atoms with Crippen LogP contribution in [-0.2, 0) is 4.79 Å². The maximum absolute atomic E-state index is 13.2. The average molecular weight is 538 g/mol. The van der Waals surface area contributed by atoms with Crippen molar-refractivity contribution in [1.29, 1.82) is 0 Å². The van der Waals surface area contributed by atoms with Crippen LogP contribution in [0.25, 0.3) is 0 Å². The molecular weight excluding hydrogens is 503 g/mol. The molecule has 1 amide bonds. The predicted molar refractivity (Wildman–Crippen MR) is 148 cm³/mol. The van der Waals surface area contributed by atoms with Crippen LogP contribution in [0.3, 0.4) is 0 Å². The van der Waals surface area contributed by atoms with Crippen molar-refractivity contribution in [2.75, 3.05) is 50.5 Å². The van der Waals surface area contributed by atoms with Crippen LogP contribution in [-0.4, -0.2) is 62.0 Å². The largest absolute Gasteiger partial charge is 0.377 e. The highest BCUT2D eigenvalue weighted by molar-refractivity contribution is 6.35. The van der Waals surface area contributed by atoms with Crippen LogP contribution < -0.4 is 10.2 Å². The van der Waals surface area contributed by atoms with Gasteiger partial charge in [0.25, 0.3) is 0 Å². The molecule has 0 radical (unpaired) electrons. The van der Waals surface area contributed by atoms with Crippen LogP contribution in [0.15, 0.2) is 36.4 Å². The second-order valence-electron chi connectivity index (χ2n) is 10.0. The van der Waals surface area contributed by atoms with E-state index in [1.807, 2.05) is 18.2 Å². The highest BCUT2D eigenvalue weighted by atomic mass is 35.5. The van der Waals surface area contributed by atoms with Gasteiger partial charge in [-0.2, -0.15) is 0 Å². The summed E-state index contributed by atoms with van der Waals surface area (Å²) in [5.74, 6) is 0.451. The summed E-state index contributed by atoms with van der Waals surface area (Å²) in [7, 11) is 4.22. The number of nitrogens with zero attached hydrogens (tertiary/aromatic N) is 3. The molecule has 0 aliphatic carbocycles. The minimum atomic E-state index is -0.0357. The number of likely N-dealkylation sites (N-methyl/N-ethyl adjacent to an activating group) is 1. The SMILES string of the molecule is CC(Nc1cc(N2CCC(C(=O)N3CCCC(N(C)C)C3)CC2)ccc1Cl)c1ccc(Cl)cc1Cl. The molecule has 5 nitrogen and oxygen atoms in total. The van der Waals surface area contributed by atoms with E-state index in [9.17, 15) is 4.79 Å². The highest BCUT2D eigenvalue weighted by Gasteiger charge is 2.32. The quantitative estimate of drug-likeness (QED) is 0.451. The Morgan fingerprint density at radius 1 is 1.00 bits per heavy atom. The maximum Gasteiger partial charge on any atom is 0.225 e. The third-order valence-corrected chi connectivity index (χ3v) is 8.29. The number of halogens is 3. The molecule has 2 saturated heterocycles. The first-order chi connectivity index (χ1) is 16.7. The Labute approximate surface area is 224 Å². The van der Waals surface area contributed by atoms with Crippen LogP contribution in [0.1, 0.15) is 44.2 Å². The van der Waals surface area contributed by atoms with E-state index in [1.165, 1.54) is 6.42 Å². The smallest absolute Gasteiger partial charge is 0.225 e. The number of amides is 1. The van der Waals surface area contributed by atoms with Gasteiger partial charge < -0.3 is 20.0 Å². The number of rotatable bonds is 6. The fourth-order valence-corrected chi connectivity index (χ4v) is 5.95. The highest BCUT2D eigenvalue weighted by Crippen LogP contribution is 2.34. The molecule has 2 heterocycles. The number of hydrogen-bond donors (Lipinski definition) is 1. The number of piperidine rings is 2. The number of hydrogen-bond acceptors (Lipinski definition) is 4. The molecule has 1 N–H and O–H groups in total. The van der Waals surface area contributed by atoms with Gasteiger partial charge in [-0.3, -0.25) is 4.79 Å². The third-order valence-electron chi connectivity index (χ3n) is 7.40. The minimum absolute atomic E-state index is 0.0357. The van der Waals surface area contributed by atoms with Crippen molar-refractivity contribution in [2.24, 2.45) is 5.92 Å². The lowest BCUT2D eigenvalue weighted by Crippen LogP contribution is -2.50. The predicted octanol–water partition coefficient (Wildman–Crippen LogP) is 6.59. The third kappa shape index (κ3) is 6.37. The van der Waals surface area contributed by atoms with Crippen molar-refractivity contribution >= 4 is 52.1 Å². The number of carbonyl (C=O) groups excluding carboxylic acids is 1. The molecule has 190 valence electrons. The fourth-order valence-electron chi connectivity index (χ4n) is 5.20. The Kier molecular flexibility index (Phi) is 8.75. The molecule has 2 aromatic carbocycles. The van der Waals surface area contributed by atoms with Crippen LogP contribution in [0, 0.1) is 5.92 Å². The molecule has 35 heavy (non-hydrogen) atoms. The van der Waals surface area contributed by atoms with Gasteiger partial charge in [0.15, 0.2) is 0 Å². The number of anilines is 2. The lowest BCUT2D eigenvalue weighted by atomic mass is 9.93. The Morgan fingerprint density at radius 3 is 2.43 bits per heavy atom. The molecule has 0 saturated carbocycles. The zero-order valence-corrected chi connectivity index (χ0v) is 23.0. The van der Waals surface area contributed by atoms with E-state index >= 15 is 0 Å². The molecule has 2 unspecified atom stereocenters. The normalized spacial score (nSPS) is 20.3. The van der Waals surface area contributed by atoms with Crippen molar-refractivity contribution < 1.29 is 4.79 Å². The average Bonchev–Trinajstić information content (AvgIpc) is 2.85. The molecule has 2 aliphatic rings. The topological polar surface area (TPSA) is 38.8 Å². The Balaban J connectivity index is 1.37. The lowest BCUT2D eigenvalue weighted by Gasteiger charge is -2.40. The Morgan fingerprint density at radius 2 is 1.74 bits per heavy atom. The number of carbonyl (C=O) groups is 1. The summed E-state index contributed by atoms with van der Waals surface area (Å²) in [6.45, 7) is 5.53. The van der Waals surface area contributed by atoms with Gasteiger partial charge in [-0.25, -0.2) is 0 Å². The van der Waals surface area contributed by atoms with Crippen LogP contribution in [0.5, 0.6) is 0 Å². The van der Waals surface area contributed by atoms with Crippen molar-refractivity contribution in [3.8, 4) is 0 Å². The zero-order chi connectivity index (χ0) is 25.1. The van der Waals surface area contributed by atoms with Crippen molar-refractivity contribution in [1.82, 2.24) is 9.80 Å². The van der Waals surface area contributed by atoms with Crippen molar-refractivity contribution in [2.45, 2.75) is 44.7 Å². The van der Waals surface area contributed by atoms with Gasteiger partial charge in [0.05, 0.1) is 16.8 Å². The van der Waals surface area contributed by atoms with Gasteiger partial charge in [0.1, 0.15) is 0 Å². The van der Waals surface area contributed by atoms with Crippen LogP contribution in [0.2, 0.25) is 15.1 Å². The first-order valence-electron chi connectivity index (χ1n) is 12.4. The van der Waals surface area contributed by atoms with Gasteiger partial charge in [0.2, 0.25) is 5.91 Å². The second kappa shape index (κ2) is 11.6. The standard InChI is InChI=1S/C27H35Cl3N4O/c1-18(23-8-6-20(28)15-25(23)30)31-26-16-21(7-9-24(26)29)33-13-10-19(11-14-33)27(35)34-12-4-5-22(17-34)32(2)3/h6-9,15-16,18-19,22,31H,4-5,10-14,17H2,1-3H3. The number of benzene rings is 2. The summed E-state index contributed by atoms with van der Waals surface area (Å²) in [6.07, 6.45) is 4.02. The summed E-state index contributed by atoms with van der Waals surface area (Å²) in [5, 5.41) is 5.41. The van der Waals surface area contributed by atoms with E-state index in [0.29, 0.717) is 27.0 Å². The summed E-state index contributed by atoms with van der Waals surface area (Å²) in [6, 6.07) is 12.1. The maximum atomic E-state index is 13.2. The summed E-state index contributed by atoms with van der Waals surface area (Å²) < 4.78 is 0.